The first kappa shape index (κ1) is 12.3. The summed E-state index contributed by atoms with van der Waals surface area (Å²) in [6.45, 7) is 0.207. The third-order valence-corrected chi connectivity index (χ3v) is 1.93. The number of esters is 1. The summed E-state index contributed by atoms with van der Waals surface area (Å²) in [7, 11) is 0. The van der Waals surface area contributed by atoms with E-state index >= 15 is 0 Å². The molecule has 0 spiro atoms. The minimum absolute atomic E-state index is 0.00512. The van der Waals surface area contributed by atoms with E-state index < -0.39 is 5.97 Å². The van der Waals surface area contributed by atoms with E-state index in [1.807, 2.05) is 30.3 Å². The lowest BCUT2D eigenvalue weighted by Gasteiger charge is -2.02. The number of rotatable bonds is 5. The van der Waals surface area contributed by atoms with Gasteiger partial charge in [0, 0.05) is 24.8 Å². The molecule has 0 amide bonds. The highest BCUT2D eigenvalue weighted by molar-refractivity contribution is 5.90. The monoisotopic (exact) mass is 221 g/mol. The van der Waals surface area contributed by atoms with E-state index in [4.69, 9.17) is 15.6 Å². The van der Waals surface area contributed by atoms with Crippen molar-refractivity contribution in [3.8, 4) is 0 Å². The quantitative estimate of drug-likeness (QED) is 0.440. The van der Waals surface area contributed by atoms with Crippen LogP contribution < -0.4 is 5.73 Å². The Morgan fingerprint density at radius 1 is 1.38 bits per heavy atom. The van der Waals surface area contributed by atoms with Crippen molar-refractivity contribution < 1.29 is 14.6 Å². The van der Waals surface area contributed by atoms with Crippen molar-refractivity contribution in [2.24, 2.45) is 5.73 Å². The minimum Gasteiger partial charge on any atom is -0.462 e. The number of carbonyl (C=O) groups is 1. The van der Waals surface area contributed by atoms with Gasteiger partial charge in [-0.1, -0.05) is 30.3 Å². The Hall–Kier alpha value is -1.81. The molecule has 0 fully saturated rings. The number of hydrogen-bond donors (Lipinski definition) is 2. The van der Waals surface area contributed by atoms with Gasteiger partial charge in [-0.15, -0.1) is 0 Å². The number of aliphatic hydroxyl groups is 1. The Balaban J connectivity index is 2.53. The summed E-state index contributed by atoms with van der Waals surface area (Å²) in [5, 5.41) is 8.51. The molecule has 16 heavy (non-hydrogen) atoms. The third-order valence-electron chi connectivity index (χ3n) is 1.93. The fourth-order valence-electron chi connectivity index (χ4n) is 1.12. The van der Waals surface area contributed by atoms with Crippen molar-refractivity contribution in [2.45, 2.75) is 6.42 Å². The normalized spacial score (nSPS) is 11.2. The Labute approximate surface area is 94.3 Å². The molecule has 0 aliphatic rings. The lowest BCUT2D eigenvalue weighted by molar-refractivity contribution is -0.137. The second kappa shape index (κ2) is 6.63. The molecule has 0 aliphatic heterocycles. The highest BCUT2D eigenvalue weighted by atomic mass is 16.5. The van der Waals surface area contributed by atoms with Crippen LogP contribution in [0.15, 0.2) is 36.4 Å². The standard InChI is InChI=1S/C12H15NO3/c13-11(10-5-2-1-3-6-10)9-12(15)16-8-4-7-14/h1-3,5-6,9,14H,4,7-8,13H2/b11-9+. The molecule has 1 aromatic carbocycles. The fraction of sp³-hybridized carbons (Fsp3) is 0.250. The predicted molar refractivity (Wildman–Crippen MR) is 61.3 cm³/mol. The van der Waals surface area contributed by atoms with E-state index in [-0.39, 0.29) is 13.2 Å². The molecule has 0 aromatic heterocycles. The van der Waals surface area contributed by atoms with Gasteiger partial charge in [-0.3, -0.25) is 0 Å². The van der Waals surface area contributed by atoms with E-state index in [0.717, 1.165) is 5.56 Å². The van der Waals surface area contributed by atoms with Gasteiger partial charge < -0.3 is 15.6 Å². The van der Waals surface area contributed by atoms with Crippen LogP contribution in [-0.4, -0.2) is 24.3 Å². The highest BCUT2D eigenvalue weighted by Gasteiger charge is 2.01. The first-order chi connectivity index (χ1) is 7.74. The Morgan fingerprint density at radius 2 is 2.06 bits per heavy atom. The van der Waals surface area contributed by atoms with Crippen molar-refractivity contribution >= 4 is 11.7 Å². The summed E-state index contributed by atoms with van der Waals surface area (Å²) in [5.41, 5.74) is 6.86. The molecule has 4 nitrogen and oxygen atoms in total. The largest absolute Gasteiger partial charge is 0.462 e. The second-order valence-corrected chi connectivity index (χ2v) is 3.21. The number of hydrogen-bond acceptors (Lipinski definition) is 4. The van der Waals surface area contributed by atoms with Gasteiger partial charge in [0.05, 0.1) is 6.61 Å². The molecule has 0 saturated heterocycles. The summed E-state index contributed by atoms with van der Waals surface area (Å²) >= 11 is 0. The van der Waals surface area contributed by atoms with Gasteiger partial charge in [0.25, 0.3) is 0 Å². The van der Waals surface area contributed by atoms with Crippen LogP contribution >= 0.6 is 0 Å². The van der Waals surface area contributed by atoms with Crippen LogP contribution in [0.25, 0.3) is 5.70 Å². The lowest BCUT2D eigenvalue weighted by atomic mass is 10.1. The maximum absolute atomic E-state index is 11.2. The number of benzene rings is 1. The summed E-state index contributed by atoms with van der Waals surface area (Å²) < 4.78 is 4.82. The Bertz CT molecular complexity index is 360. The lowest BCUT2D eigenvalue weighted by Crippen LogP contribution is -2.07. The zero-order valence-corrected chi connectivity index (χ0v) is 8.93. The molecule has 0 bridgehead atoms. The van der Waals surface area contributed by atoms with Crippen molar-refractivity contribution in [3.63, 3.8) is 0 Å². The van der Waals surface area contributed by atoms with Crippen LogP contribution in [0, 0.1) is 0 Å². The number of aliphatic hydroxyl groups excluding tert-OH is 1. The van der Waals surface area contributed by atoms with Crippen molar-refractivity contribution in [1.82, 2.24) is 0 Å². The van der Waals surface area contributed by atoms with Gasteiger partial charge in [-0.05, 0) is 5.56 Å². The first-order valence-corrected chi connectivity index (χ1v) is 5.04. The SMILES string of the molecule is N/C(=C/C(=O)OCCCO)c1ccccc1. The molecular weight excluding hydrogens is 206 g/mol. The second-order valence-electron chi connectivity index (χ2n) is 3.21. The molecule has 86 valence electrons. The van der Waals surface area contributed by atoms with Crippen LogP contribution in [0.2, 0.25) is 0 Å². The van der Waals surface area contributed by atoms with Gasteiger partial charge >= 0.3 is 5.97 Å². The van der Waals surface area contributed by atoms with Crippen molar-refractivity contribution in [3.05, 3.63) is 42.0 Å². The number of nitrogens with two attached hydrogens (primary N) is 1. The van der Waals surface area contributed by atoms with Crippen LogP contribution in [0.1, 0.15) is 12.0 Å². The molecule has 0 heterocycles. The molecule has 1 aromatic rings. The van der Waals surface area contributed by atoms with Crippen LogP contribution in [0.4, 0.5) is 0 Å². The van der Waals surface area contributed by atoms with E-state index in [1.165, 1.54) is 6.08 Å². The molecule has 0 atom stereocenters. The van der Waals surface area contributed by atoms with Gasteiger partial charge in [0.1, 0.15) is 0 Å². The topological polar surface area (TPSA) is 72.6 Å². The third kappa shape index (κ3) is 4.14. The van der Waals surface area contributed by atoms with Gasteiger partial charge in [-0.25, -0.2) is 4.79 Å². The van der Waals surface area contributed by atoms with Crippen LogP contribution in [0.3, 0.4) is 0 Å². The molecule has 0 unspecified atom stereocenters. The summed E-state index contributed by atoms with van der Waals surface area (Å²) in [6, 6.07) is 9.18. The Morgan fingerprint density at radius 3 is 2.69 bits per heavy atom. The van der Waals surface area contributed by atoms with Crippen LogP contribution in [-0.2, 0) is 9.53 Å². The van der Waals surface area contributed by atoms with Gasteiger partial charge in [0.2, 0.25) is 0 Å². The Kier molecular flexibility index (Phi) is 5.08. The molecule has 0 saturated carbocycles. The minimum atomic E-state index is -0.491. The van der Waals surface area contributed by atoms with E-state index in [0.29, 0.717) is 12.1 Å². The molecule has 1 rings (SSSR count). The summed E-state index contributed by atoms with van der Waals surface area (Å²) in [5.74, 6) is -0.491. The number of carbonyl (C=O) groups excluding carboxylic acids is 1. The predicted octanol–water partition coefficient (Wildman–Crippen LogP) is 0.912. The van der Waals surface area contributed by atoms with Gasteiger partial charge in [0.15, 0.2) is 0 Å². The summed E-state index contributed by atoms with van der Waals surface area (Å²) in [6.07, 6.45) is 1.68. The van der Waals surface area contributed by atoms with E-state index in [9.17, 15) is 4.79 Å². The van der Waals surface area contributed by atoms with Crippen molar-refractivity contribution in [1.29, 1.82) is 0 Å². The molecule has 0 aliphatic carbocycles. The fourth-order valence-corrected chi connectivity index (χ4v) is 1.12. The van der Waals surface area contributed by atoms with Gasteiger partial charge in [-0.2, -0.15) is 0 Å². The average molecular weight is 221 g/mol. The first-order valence-electron chi connectivity index (χ1n) is 5.04. The maximum Gasteiger partial charge on any atom is 0.332 e. The molecular formula is C12H15NO3. The zero-order valence-electron chi connectivity index (χ0n) is 8.93. The van der Waals surface area contributed by atoms with Crippen molar-refractivity contribution in [2.75, 3.05) is 13.2 Å². The smallest absolute Gasteiger partial charge is 0.332 e. The highest BCUT2D eigenvalue weighted by Crippen LogP contribution is 2.07. The molecule has 0 radical (unpaired) electrons. The zero-order chi connectivity index (χ0) is 11.8. The van der Waals surface area contributed by atoms with Crippen LogP contribution in [0.5, 0.6) is 0 Å². The van der Waals surface area contributed by atoms with E-state index in [1.54, 1.807) is 0 Å². The molecule has 3 N–H and O–H groups in total. The maximum atomic E-state index is 11.2. The number of ether oxygens (including phenoxy) is 1. The average Bonchev–Trinajstić information content (AvgIpc) is 2.30. The summed E-state index contributed by atoms with van der Waals surface area (Å²) in [4.78, 5) is 11.2. The molecule has 4 heteroatoms. The van der Waals surface area contributed by atoms with E-state index in [2.05, 4.69) is 0 Å².